The zero-order valence-corrected chi connectivity index (χ0v) is 10.7. The number of carbonyl (C=O) groups excluding carboxylic acids is 1. The molecule has 0 atom stereocenters. The first-order valence-electron chi connectivity index (χ1n) is 6.05. The van der Waals surface area contributed by atoms with Crippen molar-refractivity contribution >= 4 is 17.6 Å². The van der Waals surface area contributed by atoms with Gasteiger partial charge in [-0.3, -0.25) is 14.3 Å². The van der Waals surface area contributed by atoms with E-state index in [1.54, 1.807) is 17.1 Å². The molecule has 0 aromatic carbocycles. The van der Waals surface area contributed by atoms with Crippen LogP contribution in [0.25, 0.3) is 0 Å². The first-order chi connectivity index (χ1) is 8.49. The highest BCUT2D eigenvalue weighted by molar-refractivity contribution is 5.90. The second kappa shape index (κ2) is 6.78. The maximum absolute atomic E-state index is 11.5. The Balaban J connectivity index is 2.28. The standard InChI is InChI=1S/C12H19N3O3/c1-9(2)15-8-10(7-13-15)14-11(16)5-3-4-6-12(17)18/h7-9H,3-6H2,1-2H3,(H,14,16)(H,17,18). The lowest BCUT2D eigenvalue weighted by Crippen LogP contribution is -2.11. The molecule has 0 spiro atoms. The molecule has 0 aliphatic carbocycles. The van der Waals surface area contributed by atoms with E-state index in [4.69, 9.17) is 5.11 Å². The van der Waals surface area contributed by atoms with Crippen molar-refractivity contribution in [2.75, 3.05) is 5.32 Å². The molecular formula is C12H19N3O3. The van der Waals surface area contributed by atoms with Gasteiger partial charge < -0.3 is 10.4 Å². The van der Waals surface area contributed by atoms with Crippen LogP contribution in [0.4, 0.5) is 5.69 Å². The number of aromatic nitrogens is 2. The average Bonchev–Trinajstić information content (AvgIpc) is 2.72. The van der Waals surface area contributed by atoms with Gasteiger partial charge in [0.15, 0.2) is 0 Å². The van der Waals surface area contributed by atoms with E-state index in [1.165, 1.54) is 0 Å². The summed E-state index contributed by atoms with van der Waals surface area (Å²) in [6.45, 7) is 4.01. The van der Waals surface area contributed by atoms with Gasteiger partial charge in [0.25, 0.3) is 0 Å². The first kappa shape index (κ1) is 14.2. The molecule has 1 aromatic rings. The van der Waals surface area contributed by atoms with Gasteiger partial charge in [-0.15, -0.1) is 0 Å². The highest BCUT2D eigenvalue weighted by atomic mass is 16.4. The van der Waals surface area contributed by atoms with Crippen LogP contribution in [0.15, 0.2) is 12.4 Å². The van der Waals surface area contributed by atoms with Crippen LogP contribution in [0, 0.1) is 0 Å². The monoisotopic (exact) mass is 253 g/mol. The van der Waals surface area contributed by atoms with Crippen molar-refractivity contribution in [3.8, 4) is 0 Å². The zero-order chi connectivity index (χ0) is 13.5. The van der Waals surface area contributed by atoms with E-state index in [0.29, 0.717) is 24.9 Å². The molecule has 1 heterocycles. The highest BCUT2D eigenvalue weighted by Gasteiger charge is 2.06. The Morgan fingerprint density at radius 3 is 2.61 bits per heavy atom. The molecule has 0 aliphatic heterocycles. The number of anilines is 1. The van der Waals surface area contributed by atoms with E-state index >= 15 is 0 Å². The Labute approximate surface area is 106 Å². The minimum atomic E-state index is -0.825. The van der Waals surface area contributed by atoms with Crippen molar-refractivity contribution in [3.05, 3.63) is 12.4 Å². The SMILES string of the molecule is CC(C)n1cc(NC(=O)CCCCC(=O)O)cn1. The van der Waals surface area contributed by atoms with E-state index in [2.05, 4.69) is 10.4 Å². The Hall–Kier alpha value is -1.85. The minimum absolute atomic E-state index is 0.108. The molecule has 0 saturated carbocycles. The summed E-state index contributed by atoms with van der Waals surface area (Å²) in [5, 5.41) is 15.3. The topological polar surface area (TPSA) is 84.2 Å². The van der Waals surface area contributed by atoms with Crippen molar-refractivity contribution < 1.29 is 14.7 Å². The Morgan fingerprint density at radius 1 is 1.39 bits per heavy atom. The van der Waals surface area contributed by atoms with Crippen LogP contribution in [0.1, 0.15) is 45.6 Å². The number of hydrogen-bond donors (Lipinski definition) is 2. The zero-order valence-electron chi connectivity index (χ0n) is 10.7. The number of carboxylic acid groups (broad SMARTS) is 1. The number of nitrogens with one attached hydrogen (secondary N) is 1. The predicted molar refractivity (Wildman–Crippen MR) is 67.3 cm³/mol. The Kier molecular flexibility index (Phi) is 5.35. The Morgan fingerprint density at radius 2 is 2.06 bits per heavy atom. The maximum Gasteiger partial charge on any atom is 0.303 e. The molecule has 0 fully saturated rings. The third-order valence-electron chi connectivity index (χ3n) is 2.46. The van der Waals surface area contributed by atoms with Gasteiger partial charge in [0.2, 0.25) is 5.91 Å². The maximum atomic E-state index is 11.5. The fourth-order valence-electron chi connectivity index (χ4n) is 1.47. The summed E-state index contributed by atoms with van der Waals surface area (Å²) in [5.41, 5.74) is 0.673. The van der Waals surface area contributed by atoms with Crippen molar-refractivity contribution in [2.45, 2.75) is 45.6 Å². The first-order valence-corrected chi connectivity index (χ1v) is 6.05. The van der Waals surface area contributed by atoms with Crippen LogP contribution < -0.4 is 5.32 Å². The lowest BCUT2D eigenvalue weighted by atomic mass is 10.2. The van der Waals surface area contributed by atoms with Crippen LogP contribution in [-0.4, -0.2) is 26.8 Å². The van der Waals surface area contributed by atoms with E-state index in [-0.39, 0.29) is 18.4 Å². The van der Waals surface area contributed by atoms with Crippen LogP contribution >= 0.6 is 0 Å². The molecule has 6 heteroatoms. The van der Waals surface area contributed by atoms with Crippen molar-refractivity contribution in [2.24, 2.45) is 0 Å². The summed E-state index contributed by atoms with van der Waals surface area (Å²) in [6.07, 6.45) is 4.93. The van der Waals surface area contributed by atoms with Crippen molar-refractivity contribution in [1.82, 2.24) is 9.78 Å². The average molecular weight is 253 g/mol. The van der Waals surface area contributed by atoms with Crippen LogP contribution in [0.2, 0.25) is 0 Å². The molecule has 1 amide bonds. The number of nitrogens with zero attached hydrogens (tertiary/aromatic N) is 2. The number of rotatable bonds is 7. The number of amides is 1. The molecule has 0 bridgehead atoms. The van der Waals surface area contributed by atoms with Gasteiger partial charge in [0, 0.05) is 25.1 Å². The van der Waals surface area contributed by atoms with E-state index in [0.717, 1.165) is 0 Å². The second-order valence-electron chi connectivity index (χ2n) is 4.45. The molecule has 1 aromatic heterocycles. The van der Waals surface area contributed by atoms with Gasteiger partial charge >= 0.3 is 5.97 Å². The van der Waals surface area contributed by atoms with E-state index in [9.17, 15) is 9.59 Å². The molecule has 1 rings (SSSR count). The molecule has 0 unspecified atom stereocenters. The van der Waals surface area contributed by atoms with Crippen molar-refractivity contribution in [1.29, 1.82) is 0 Å². The fraction of sp³-hybridized carbons (Fsp3) is 0.583. The van der Waals surface area contributed by atoms with Gasteiger partial charge in [0.05, 0.1) is 11.9 Å². The van der Waals surface area contributed by atoms with Crippen LogP contribution in [0.3, 0.4) is 0 Å². The number of carboxylic acids is 1. The molecule has 18 heavy (non-hydrogen) atoms. The third kappa shape index (κ3) is 4.99. The summed E-state index contributed by atoms with van der Waals surface area (Å²) in [7, 11) is 0. The van der Waals surface area contributed by atoms with Gasteiger partial charge in [0.1, 0.15) is 0 Å². The van der Waals surface area contributed by atoms with Crippen molar-refractivity contribution in [3.63, 3.8) is 0 Å². The summed E-state index contributed by atoms with van der Waals surface area (Å²) in [5.74, 6) is -0.933. The lowest BCUT2D eigenvalue weighted by Gasteiger charge is -2.04. The number of hydrogen-bond acceptors (Lipinski definition) is 3. The summed E-state index contributed by atoms with van der Waals surface area (Å²) in [6, 6.07) is 0.256. The predicted octanol–water partition coefficient (Wildman–Crippen LogP) is 2.05. The third-order valence-corrected chi connectivity index (χ3v) is 2.46. The molecule has 0 radical (unpaired) electrons. The summed E-state index contributed by atoms with van der Waals surface area (Å²) >= 11 is 0. The van der Waals surface area contributed by atoms with Gasteiger partial charge in [-0.1, -0.05) is 0 Å². The lowest BCUT2D eigenvalue weighted by molar-refractivity contribution is -0.137. The van der Waals surface area contributed by atoms with Crippen LogP contribution in [-0.2, 0) is 9.59 Å². The highest BCUT2D eigenvalue weighted by Crippen LogP contribution is 2.11. The molecule has 6 nitrogen and oxygen atoms in total. The largest absolute Gasteiger partial charge is 0.481 e. The number of carbonyl (C=O) groups is 2. The molecule has 0 saturated heterocycles. The molecule has 2 N–H and O–H groups in total. The number of aliphatic carboxylic acids is 1. The van der Waals surface area contributed by atoms with Gasteiger partial charge in [-0.05, 0) is 26.7 Å². The van der Waals surface area contributed by atoms with Gasteiger partial charge in [-0.2, -0.15) is 5.10 Å². The van der Waals surface area contributed by atoms with E-state index < -0.39 is 5.97 Å². The molecular weight excluding hydrogens is 234 g/mol. The number of unbranched alkanes of at least 4 members (excludes halogenated alkanes) is 1. The Bertz CT molecular complexity index is 412. The normalized spacial score (nSPS) is 10.6. The van der Waals surface area contributed by atoms with Gasteiger partial charge in [-0.25, -0.2) is 0 Å². The van der Waals surface area contributed by atoms with Crippen LogP contribution in [0.5, 0.6) is 0 Å². The quantitative estimate of drug-likeness (QED) is 0.728. The fourth-order valence-corrected chi connectivity index (χ4v) is 1.47. The second-order valence-corrected chi connectivity index (χ2v) is 4.45. The summed E-state index contributed by atoms with van der Waals surface area (Å²) in [4.78, 5) is 21.8. The molecule has 0 aliphatic rings. The summed E-state index contributed by atoms with van der Waals surface area (Å²) < 4.78 is 1.76. The minimum Gasteiger partial charge on any atom is -0.481 e. The van der Waals surface area contributed by atoms with E-state index in [1.807, 2.05) is 13.8 Å². The molecule has 100 valence electrons. The smallest absolute Gasteiger partial charge is 0.303 e.